The molecule has 0 spiro atoms. The van der Waals surface area contributed by atoms with Gasteiger partial charge in [-0.05, 0) is 24.6 Å². The van der Waals surface area contributed by atoms with Crippen molar-refractivity contribution >= 4 is 10.2 Å². The lowest BCUT2D eigenvalue weighted by atomic mass is 10.1. The van der Waals surface area contributed by atoms with Gasteiger partial charge in [0.05, 0.1) is 26.4 Å². The lowest BCUT2D eigenvalue weighted by Crippen LogP contribution is -2.47. The van der Waals surface area contributed by atoms with Gasteiger partial charge in [0, 0.05) is 25.6 Å². The molecule has 8 heteroatoms. The number of morpholine rings is 1. The van der Waals surface area contributed by atoms with Gasteiger partial charge in [-0.15, -0.1) is 0 Å². The smallest absolute Gasteiger partial charge is 0.280 e. The first-order chi connectivity index (χ1) is 11.1. The molecule has 23 heavy (non-hydrogen) atoms. The molecule has 1 aromatic carbocycles. The molecule has 1 unspecified atom stereocenters. The van der Waals surface area contributed by atoms with Gasteiger partial charge >= 0.3 is 0 Å². The molecule has 1 N–H and O–H groups in total. The Bertz CT molecular complexity index is 643. The standard InChI is InChI=1S/C15H22N2O5S/c1-12(16-23(18,19)17-5-9-20-10-6-17)13-3-4-14-15(11-13)22-8-2-7-21-14/h3-4,11-12,16H,2,5-10H2,1H3. The fraction of sp³-hybridized carbons (Fsp3) is 0.600. The summed E-state index contributed by atoms with van der Waals surface area (Å²) in [6.07, 6.45) is 0.837. The van der Waals surface area contributed by atoms with Crippen molar-refractivity contribution in [3.8, 4) is 11.5 Å². The van der Waals surface area contributed by atoms with Gasteiger partial charge in [0.25, 0.3) is 10.2 Å². The third kappa shape index (κ3) is 3.95. The Morgan fingerprint density at radius 2 is 1.78 bits per heavy atom. The van der Waals surface area contributed by atoms with Crippen molar-refractivity contribution in [2.24, 2.45) is 0 Å². The molecule has 2 heterocycles. The number of hydrogen-bond acceptors (Lipinski definition) is 5. The molecule has 0 radical (unpaired) electrons. The van der Waals surface area contributed by atoms with Crippen molar-refractivity contribution in [1.29, 1.82) is 0 Å². The molecule has 7 nitrogen and oxygen atoms in total. The maximum Gasteiger partial charge on any atom is 0.280 e. The summed E-state index contributed by atoms with van der Waals surface area (Å²) in [5, 5.41) is 0. The molecular weight excluding hydrogens is 320 g/mol. The lowest BCUT2D eigenvalue weighted by Gasteiger charge is -2.28. The Hall–Kier alpha value is -1.35. The fourth-order valence-electron chi connectivity index (χ4n) is 2.60. The zero-order valence-corrected chi connectivity index (χ0v) is 14.0. The highest BCUT2D eigenvalue weighted by molar-refractivity contribution is 7.87. The third-order valence-corrected chi connectivity index (χ3v) is 5.60. The van der Waals surface area contributed by atoms with Crippen molar-refractivity contribution in [2.75, 3.05) is 39.5 Å². The number of benzene rings is 1. The monoisotopic (exact) mass is 342 g/mol. The maximum absolute atomic E-state index is 12.4. The molecule has 0 aromatic heterocycles. The molecule has 2 aliphatic heterocycles. The Labute approximate surface area is 136 Å². The summed E-state index contributed by atoms with van der Waals surface area (Å²) in [6, 6.07) is 5.17. The Kier molecular flexibility index (Phi) is 5.05. The summed E-state index contributed by atoms with van der Waals surface area (Å²) >= 11 is 0. The first-order valence-electron chi connectivity index (χ1n) is 7.81. The van der Waals surface area contributed by atoms with Crippen molar-refractivity contribution in [3.63, 3.8) is 0 Å². The van der Waals surface area contributed by atoms with Crippen LogP contribution in [0.5, 0.6) is 11.5 Å². The minimum Gasteiger partial charge on any atom is -0.490 e. The van der Waals surface area contributed by atoms with Gasteiger partial charge in [0.1, 0.15) is 0 Å². The van der Waals surface area contributed by atoms with Crippen LogP contribution in [-0.2, 0) is 14.9 Å². The van der Waals surface area contributed by atoms with Gasteiger partial charge in [0.2, 0.25) is 0 Å². The van der Waals surface area contributed by atoms with Gasteiger partial charge in [-0.1, -0.05) is 6.07 Å². The summed E-state index contributed by atoms with van der Waals surface area (Å²) in [7, 11) is -3.53. The van der Waals surface area contributed by atoms with Crippen LogP contribution in [0.2, 0.25) is 0 Å². The minimum absolute atomic E-state index is 0.361. The van der Waals surface area contributed by atoms with Crippen LogP contribution < -0.4 is 14.2 Å². The zero-order valence-electron chi connectivity index (χ0n) is 13.2. The molecule has 3 rings (SSSR count). The second-order valence-corrected chi connectivity index (χ2v) is 7.31. The fourth-order valence-corrected chi connectivity index (χ4v) is 3.96. The van der Waals surface area contributed by atoms with Crippen LogP contribution in [0.1, 0.15) is 24.9 Å². The second kappa shape index (κ2) is 7.04. The van der Waals surface area contributed by atoms with E-state index in [0.29, 0.717) is 51.0 Å². The van der Waals surface area contributed by atoms with Crippen molar-refractivity contribution in [3.05, 3.63) is 23.8 Å². The van der Waals surface area contributed by atoms with E-state index in [-0.39, 0.29) is 6.04 Å². The van der Waals surface area contributed by atoms with Crippen molar-refractivity contribution < 1.29 is 22.6 Å². The highest BCUT2D eigenvalue weighted by Gasteiger charge is 2.26. The van der Waals surface area contributed by atoms with E-state index in [1.165, 1.54) is 4.31 Å². The van der Waals surface area contributed by atoms with Gasteiger partial charge in [0.15, 0.2) is 11.5 Å². The van der Waals surface area contributed by atoms with Gasteiger partial charge < -0.3 is 14.2 Å². The molecule has 1 saturated heterocycles. The summed E-state index contributed by atoms with van der Waals surface area (Å²) in [6.45, 7) is 4.66. The van der Waals surface area contributed by atoms with E-state index in [1.807, 2.05) is 25.1 Å². The van der Waals surface area contributed by atoms with Crippen LogP contribution in [0.4, 0.5) is 0 Å². The molecule has 0 saturated carbocycles. The Balaban J connectivity index is 1.72. The number of nitrogens with zero attached hydrogens (tertiary/aromatic N) is 1. The predicted molar refractivity (Wildman–Crippen MR) is 84.9 cm³/mol. The van der Waals surface area contributed by atoms with E-state index in [2.05, 4.69) is 4.72 Å². The van der Waals surface area contributed by atoms with E-state index in [9.17, 15) is 8.42 Å². The number of hydrogen-bond donors (Lipinski definition) is 1. The number of nitrogens with one attached hydrogen (secondary N) is 1. The SMILES string of the molecule is CC(NS(=O)(=O)N1CCOCC1)c1ccc2c(c1)OCCCO2. The molecule has 1 aromatic rings. The van der Waals surface area contributed by atoms with Crippen LogP contribution in [0.3, 0.4) is 0 Å². The molecular formula is C15H22N2O5S. The van der Waals surface area contributed by atoms with E-state index >= 15 is 0 Å². The Morgan fingerprint density at radius 1 is 1.09 bits per heavy atom. The maximum atomic E-state index is 12.4. The normalized spacial score (nSPS) is 20.7. The minimum atomic E-state index is -3.53. The third-order valence-electron chi connectivity index (χ3n) is 3.91. The average Bonchev–Trinajstić information content (AvgIpc) is 2.80. The highest BCUT2D eigenvalue weighted by Crippen LogP contribution is 2.32. The summed E-state index contributed by atoms with van der Waals surface area (Å²) in [5.74, 6) is 1.37. The van der Waals surface area contributed by atoms with Gasteiger partial charge in [-0.2, -0.15) is 17.4 Å². The summed E-state index contributed by atoms with van der Waals surface area (Å²) in [5.41, 5.74) is 0.839. The summed E-state index contributed by atoms with van der Waals surface area (Å²) in [4.78, 5) is 0. The number of ether oxygens (including phenoxy) is 3. The van der Waals surface area contributed by atoms with Crippen molar-refractivity contribution in [2.45, 2.75) is 19.4 Å². The molecule has 1 fully saturated rings. The van der Waals surface area contributed by atoms with Crippen LogP contribution in [0.15, 0.2) is 18.2 Å². The topological polar surface area (TPSA) is 77.1 Å². The van der Waals surface area contributed by atoms with Crippen LogP contribution in [-0.4, -0.2) is 52.2 Å². The van der Waals surface area contributed by atoms with Crippen LogP contribution >= 0.6 is 0 Å². The van der Waals surface area contributed by atoms with Gasteiger partial charge in [-0.25, -0.2) is 0 Å². The second-order valence-electron chi connectivity index (χ2n) is 5.61. The number of fused-ring (bicyclic) bond motifs is 1. The first kappa shape index (κ1) is 16.5. The van der Waals surface area contributed by atoms with E-state index in [0.717, 1.165) is 12.0 Å². The molecule has 0 aliphatic carbocycles. The zero-order chi connectivity index (χ0) is 16.3. The number of rotatable bonds is 4. The molecule has 128 valence electrons. The predicted octanol–water partition coefficient (Wildman–Crippen LogP) is 1.08. The van der Waals surface area contributed by atoms with E-state index in [4.69, 9.17) is 14.2 Å². The van der Waals surface area contributed by atoms with Crippen LogP contribution in [0, 0.1) is 0 Å². The van der Waals surface area contributed by atoms with E-state index < -0.39 is 10.2 Å². The molecule has 0 bridgehead atoms. The highest BCUT2D eigenvalue weighted by atomic mass is 32.2. The summed E-state index contributed by atoms with van der Waals surface area (Å²) < 4.78 is 45.4. The Morgan fingerprint density at radius 3 is 2.52 bits per heavy atom. The molecule has 2 aliphatic rings. The van der Waals surface area contributed by atoms with Gasteiger partial charge in [-0.3, -0.25) is 0 Å². The van der Waals surface area contributed by atoms with Crippen molar-refractivity contribution in [1.82, 2.24) is 9.03 Å². The molecule has 1 atom stereocenters. The van der Waals surface area contributed by atoms with Crippen LogP contribution in [0.25, 0.3) is 0 Å². The quantitative estimate of drug-likeness (QED) is 0.886. The van der Waals surface area contributed by atoms with E-state index in [1.54, 1.807) is 0 Å². The molecule has 0 amide bonds. The lowest BCUT2D eigenvalue weighted by molar-refractivity contribution is 0.0723. The average molecular weight is 342 g/mol. The first-order valence-corrected chi connectivity index (χ1v) is 9.25. The largest absolute Gasteiger partial charge is 0.490 e.